The second kappa shape index (κ2) is 7.21. The van der Waals surface area contributed by atoms with Crippen LogP contribution in [0.4, 0.5) is 4.79 Å². The minimum atomic E-state index is -0.726. The van der Waals surface area contributed by atoms with Crippen LogP contribution in [-0.2, 0) is 9.53 Å². The lowest BCUT2D eigenvalue weighted by Gasteiger charge is -2.37. The molecule has 0 aromatic rings. The molecule has 7 heteroatoms. The summed E-state index contributed by atoms with van der Waals surface area (Å²) < 4.78 is 5.26. The Morgan fingerprint density at radius 1 is 1.36 bits per heavy atom. The number of amides is 3. The molecule has 3 N–H and O–H groups in total. The van der Waals surface area contributed by atoms with Crippen molar-refractivity contribution in [2.24, 2.45) is 5.73 Å². The highest BCUT2D eigenvalue weighted by Gasteiger charge is 2.51. The highest BCUT2D eigenvalue weighted by Crippen LogP contribution is 2.29. The van der Waals surface area contributed by atoms with Gasteiger partial charge in [-0.05, 0) is 19.8 Å². The Morgan fingerprint density at radius 3 is 2.64 bits per heavy atom. The van der Waals surface area contributed by atoms with Crippen molar-refractivity contribution < 1.29 is 14.3 Å². The number of nitrogens with zero attached hydrogens (tertiary/aromatic N) is 2. The van der Waals surface area contributed by atoms with Gasteiger partial charge in [0.25, 0.3) is 5.91 Å². The largest absolute Gasteiger partial charge is 0.378 e. The van der Waals surface area contributed by atoms with Crippen molar-refractivity contribution in [3.05, 3.63) is 12.2 Å². The Labute approximate surface area is 131 Å². The van der Waals surface area contributed by atoms with Crippen LogP contribution in [-0.4, -0.2) is 73.2 Å². The predicted molar refractivity (Wildman–Crippen MR) is 83.3 cm³/mol. The molecular formula is C15H26N4O3. The van der Waals surface area contributed by atoms with E-state index in [-0.39, 0.29) is 18.5 Å². The lowest BCUT2D eigenvalue weighted by atomic mass is 9.87. The lowest BCUT2D eigenvalue weighted by Crippen LogP contribution is -2.55. The van der Waals surface area contributed by atoms with Gasteiger partial charge in [-0.1, -0.05) is 12.2 Å². The van der Waals surface area contributed by atoms with E-state index >= 15 is 0 Å². The number of nitrogens with two attached hydrogens (primary N) is 1. The average molecular weight is 310 g/mol. The van der Waals surface area contributed by atoms with Gasteiger partial charge in [0.05, 0.1) is 19.8 Å². The van der Waals surface area contributed by atoms with Gasteiger partial charge in [0, 0.05) is 26.2 Å². The fourth-order valence-electron chi connectivity index (χ4n) is 3.03. The summed E-state index contributed by atoms with van der Waals surface area (Å²) in [7, 11) is 0. The molecule has 3 amide bonds. The van der Waals surface area contributed by atoms with Gasteiger partial charge >= 0.3 is 6.03 Å². The Balaban J connectivity index is 1.89. The number of hydrogen-bond donors (Lipinski definition) is 2. The van der Waals surface area contributed by atoms with Crippen molar-refractivity contribution in [2.45, 2.75) is 25.3 Å². The summed E-state index contributed by atoms with van der Waals surface area (Å²) in [5, 5.41) is 2.89. The zero-order chi connectivity index (χ0) is 16.2. The summed E-state index contributed by atoms with van der Waals surface area (Å²) in [4.78, 5) is 28.2. The molecule has 0 radical (unpaired) electrons. The van der Waals surface area contributed by atoms with Crippen LogP contribution in [0.25, 0.3) is 0 Å². The number of urea groups is 1. The Bertz CT molecular complexity index is 444. The van der Waals surface area contributed by atoms with E-state index in [9.17, 15) is 9.59 Å². The van der Waals surface area contributed by atoms with Crippen LogP contribution in [0.1, 0.15) is 19.8 Å². The molecule has 2 rings (SSSR count). The molecular weight excluding hydrogens is 284 g/mol. The predicted octanol–water partition coefficient (Wildman–Crippen LogP) is -0.0758. The Hall–Kier alpha value is -1.44. The first-order chi connectivity index (χ1) is 10.5. The highest BCUT2D eigenvalue weighted by atomic mass is 16.5. The quantitative estimate of drug-likeness (QED) is 0.390. The van der Waals surface area contributed by atoms with Crippen molar-refractivity contribution in [1.82, 2.24) is 15.1 Å². The first-order valence-corrected chi connectivity index (χ1v) is 7.77. The van der Waals surface area contributed by atoms with Gasteiger partial charge < -0.3 is 15.8 Å². The van der Waals surface area contributed by atoms with Crippen molar-refractivity contribution in [3.63, 3.8) is 0 Å². The summed E-state index contributed by atoms with van der Waals surface area (Å²) >= 11 is 0. The van der Waals surface area contributed by atoms with Crippen molar-refractivity contribution in [3.8, 4) is 0 Å². The van der Waals surface area contributed by atoms with Gasteiger partial charge in [0.1, 0.15) is 5.54 Å². The van der Waals surface area contributed by atoms with Crippen molar-refractivity contribution in [1.29, 1.82) is 0 Å². The number of likely N-dealkylation sites (tertiary alicyclic amines) is 1. The van der Waals surface area contributed by atoms with E-state index in [4.69, 9.17) is 10.5 Å². The molecule has 22 heavy (non-hydrogen) atoms. The molecule has 7 nitrogen and oxygen atoms in total. The number of imide groups is 1. The van der Waals surface area contributed by atoms with Crippen LogP contribution < -0.4 is 11.1 Å². The first kappa shape index (κ1) is 16.9. The van der Waals surface area contributed by atoms with Crippen LogP contribution in [0.15, 0.2) is 12.2 Å². The first-order valence-electron chi connectivity index (χ1n) is 7.77. The smallest absolute Gasteiger partial charge is 0.325 e. The summed E-state index contributed by atoms with van der Waals surface area (Å²) in [6, 6.07) is -0.310. The van der Waals surface area contributed by atoms with Crippen LogP contribution in [0.2, 0.25) is 0 Å². The lowest BCUT2D eigenvalue weighted by molar-refractivity contribution is -0.133. The molecule has 0 atom stereocenters. The van der Waals surface area contributed by atoms with Gasteiger partial charge in [0.15, 0.2) is 0 Å². The number of hydrogen-bond acceptors (Lipinski definition) is 5. The number of nitrogens with one attached hydrogen (secondary N) is 1. The van der Waals surface area contributed by atoms with Crippen molar-refractivity contribution in [2.75, 3.05) is 45.9 Å². The number of rotatable bonds is 7. The van der Waals surface area contributed by atoms with Gasteiger partial charge in [-0.3, -0.25) is 14.6 Å². The third-order valence-corrected chi connectivity index (χ3v) is 4.17. The molecule has 2 heterocycles. The zero-order valence-corrected chi connectivity index (χ0v) is 13.3. The van der Waals surface area contributed by atoms with Crippen LogP contribution in [0, 0.1) is 0 Å². The SMILES string of the molecule is C=C(C)CN1CCC2(CC1)NC(=O)N(CCOCCN)C2=O. The summed E-state index contributed by atoms with van der Waals surface area (Å²) in [6.45, 7) is 9.81. The topological polar surface area (TPSA) is 87.9 Å². The maximum absolute atomic E-state index is 12.6. The minimum absolute atomic E-state index is 0.121. The second-order valence-electron chi connectivity index (χ2n) is 6.10. The summed E-state index contributed by atoms with van der Waals surface area (Å²) in [6.07, 6.45) is 1.29. The highest BCUT2D eigenvalue weighted by molar-refractivity contribution is 6.07. The van der Waals surface area contributed by atoms with Crippen LogP contribution >= 0.6 is 0 Å². The van der Waals surface area contributed by atoms with Crippen LogP contribution in [0.5, 0.6) is 0 Å². The molecule has 0 unspecified atom stereocenters. The Morgan fingerprint density at radius 2 is 2.05 bits per heavy atom. The van der Waals surface area contributed by atoms with E-state index in [0.29, 0.717) is 32.6 Å². The maximum atomic E-state index is 12.6. The van der Waals surface area contributed by atoms with Crippen LogP contribution in [0.3, 0.4) is 0 Å². The Kier molecular flexibility index (Phi) is 5.55. The third-order valence-electron chi connectivity index (χ3n) is 4.17. The molecule has 1 spiro atoms. The molecule has 2 aliphatic rings. The normalized spacial score (nSPS) is 21.5. The van der Waals surface area contributed by atoms with E-state index in [1.165, 1.54) is 4.90 Å². The molecule has 2 saturated heterocycles. The molecule has 0 aliphatic carbocycles. The van der Waals surface area contributed by atoms with E-state index in [0.717, 1.165) is 25.2 Å². The van der Waals surface area contributed by atoms with E-state index in [2.05, 4.69) is 16.8 Å². The monoisotopic (exact) mass is 310 g/mol. The third kappa shape index (κ3) is 3.66. The molecule has 124 valence electrons. The summed E-state index contributed by atoms with van der Waals surface area (Å²) in [5.41, 5.74) is 5.72. The maximum Gasteiger partial charge on any atom is 0.325 e. The van der Waals surface area contributed by atoms with Crippen molar-refractivity contribution >= 4 is 11.9 Å². The molecule has 2 fully saturated rings. The van der Waals surface area contributed by atoms with Gasteiger partial charge in [0.2, 0.25) is 0 Å². The molecule has 0 saturated carbocycles. The van der Waals surface area contributed by atoms with Gasteiger partial charge in [-0.25, -0.2) is 4.79 Å². The number of ether oxygens (including phenoxy) is 1. The number of carbonyl (C=O) groups is 2. The number of piperidine rings is 1. The molecule has 0 aromatic heterocycles. The van der Waals surface area contributed by atoms with E-state index in [1.54, 1.807) is 0 Å². The van der Waals surface area contributed by atoms with E-state index in [1.807, 2.05) is 6.92 Å². The average Bonchev–Trinajstić information content (AvgIpc) is 2.69. The fraction of sp³-hybridized carbons (Fsp3) is 0.733. The minimum Gasteiger partial charge on any atom is -0.378 e. The zero-order valence-electron chi connectivity index (χ0n) is 13.3. The summed E-state index contributed by atoms with van der Waals surface area (Å²) in [5.74, 6) is -0.121. The van der Waals surface area contributed by atoms with Gasteiger partial charge in [-0.2, -0.15) is 0 Å². The molecule has 0 bridgehead atoms. The van der Waals surface area contributed by atoms with Gasteiger partial charge in [-0.15, -0.1) is 0 Å². The second-order valence-corrected chi connectivity index (χ2v) is 6.10. The number of carbonyl (C=O) groups excluding carboxylic acids is 2. The molecule has 0 aromatic carbocycles. The van der Waals surface area contributed by atoms with E-state index < -0.39 is 5.54 Å². The fourth-order valence-corrected chi connectivity index (χ4v) is 3.03. The standard InChI is InChI=1S/C15H26N4O3/c1-12(2)11-18-6-3-15(4-7-18)13(20)19(14(21)17-15)8-10-22-9-5-16/h1,3-11,16H2,2H3,(H,17,21). The molecule has 2 aliphatic heterocycles.